The van der Waals surface area contributed by atoms with Gasteiger partial charge in [0.2, 0.25) is 0 Å². The highest BCUT2D eigenvalue weighted by Gasteiger charge is 2.37. The number of hydrogen-bond acceptors (Lipinski definition) is 4. The number of fused-ring (bicyclic) bond motifs is 1. The number of alkyl halides is 3. The van der Waals surface area contributed by atoms with Gasteiger partial charge in [0.05, 0.1) is 11.2 Å². The van der Waals surface area contributed by atoms with Crippen LogP contribution in [-0.2, 0) is 11.3 Å². The number of hydrogen-bond donors (Lipinski definition) is 0. The summed E-state index contributed by atoms with van der Waals surface area (Å²) in [6, 6.07) is 9.73. The van der Waals surface area contributed by atoms with Crippen LogP contribution in [0.25, 0.3) is 10.9 Å². The van der Waals surface area contributed by atoms with Gasteiger partial charge in [0, 0.05) is 18.1 Å². The smallest absolute Gasteiger partial charge is 0.406 e. The second-order valence-electron chi connectivity index (χ2n) is 6.51. The summed E-state index contributed by atoms with van der Waals surface area (Å²) < 4.78 is 54.9. The van der Waals surface area contributed by atoms with E-state index in [-0.39, 0.29) is 24.2 Å². The summed E-state index contributed by atoms with van der Waals surface area (Å²) >= 11 is 0. The normalized spacial score (nSPS) is 14.7. The molecule has 1 aromatic heterocycles. The molecule has 0 saturated carbocycles. The Morgan fingerprint density at radius 1 is 1.03 bits per heavy atom. The van der Waals surface area contributed by atoms with E-state index < -0.39 is 29.9 Å². The van der Waals surface area contributed by atoms with Crippen LogP contribution in [-0.4, -0.2) is 34.7 Å². The van der Waals surface area contributed by atoms with Gasteiger partial charge in [-0.05, 0) is 48.0 Å². The number of anilines is 1. The number of nitrogens with zero attached hydrogens (tertiary/aromatic N) is 3. The predicted octanol–water partition coefficient (Wildman–Crippen LogP) is 4.24. The minimum Gasteiger partial charge on any atom is -0.406 e. The molecule has 1 saturated heterocycles. The van der Waals surface area contributed by atoms with Crippen molar-refractivity contribution in [3.63, 3.8) is 0 Å². The summed E-state index contributed by atoms with van der Waals surface area (Å²) in [5.74, 6) is -1.52. The Morgan fingerprint density at radius 3 is 2.47 bits per heavy atom. The minimum atomic E-state index is -4.85. The van der Waals surface area contributed by atoms with Crippen molar-refractivity contribution >= 4 is 28.5 Å². The Labute approximate surface area is 167 Å². The molecule has 30 heavy (non-hydrogen) atoms. The van der Waals surface area contributed by atoms with E-state index in [2.05, 4.69) is 9.72 Å². The van der Waals surface area contributed by atoms with Gasteiger partial charge in [-0.1, -0.05) is 6.07 Å². The first-order valence-electron chi connectivity index (χ1n) is 8.73. The summed E-state index contributed by atoms with van der Waals surface area (Å²) in [6.07, 6.45) is -3.36. The molecular weight excluding hydrogens is 406 g/mol. The Kier molecular flexibility index (Phi) is 4.76. The minimum absolute atomic E-state index is 0.0315. The third-order valence-electron chi connectivity index (χ3n) is 4.53. The highest BCUT2D eigenvalue weighted by Crippen LogP contribution is 2.29. The summed E-state index contributed by atoms with van der Waals surface area (Å²) in [5.41, 5.74) is 1.00. The number of halogens is 4. The largest absolute Gasteiger partial charge is 0.573 e. The van der Waals surface area contributed by atoms with E-state index in [4.69, 9.17) is 0 Å². The van der Waals surface area contributed by atoms with Crippen LogP contribution >= 0.6 is 0 Å². The van der Waals surface area contributed by atoms with E-state index in [9.17, 15) is 27.2 Å². The number of ether oxygens (including phenoxy) is 1. The number of aromatic nitrogens is 1. The third-order valence-corrected chi connectivity index (χ3v) is 4.53. The zero-order chi connectivity index (χ0) is 21.5. The number of imide groups is 1. The highest BCUT2D eigenvalue weighted by atomic mass is 19.4. The molecule has 1 fully saturated rings. The lowest BCUT2D eigenvalue weighted by molar-refractivity contribution is -0.274. The van der Waals surface area contributed by atoms with Crippen LogP contribution in [0.5, 0.6) is 5.75 Å². The molecule has 0 spiro atoms. The quantitative estimate of drug-likeness (QED) is 0.469. The molecule has 0 N–H and O–H groups in total. The number of amides is 3. The monoisotopic (exact) mass is 419 g/mol. The summed E-state index contributed by atoms with van der Waals surface area (Å²) in [4.78, 5) is 31.3. The molecule has 0 aliphatic carbocycles. The topological polar surface area (TPSA) is 62.7 Å². The van der Waals surface area contributed by atoms with Crippen LogP contribution in [0, 0.1) is 5.82 Å². The number of carbonyl (C=O) groups is 2. The number of carbonyl (C=O) groups excluding carboxylic acids is 2. The second-order valence-corrected chi connectivity index (χ2v) is 6.51. The van der Waals surface area contributed by atoms with Gasteiger partial charge < -0.3 is 9.64 Å². The summed E-state index contributed by atoms with van der Waals surface area (Å²) in [5, 5.41) is 0.257. The molecule has 0 bridgehead atoms. The van der Waals surface area contributed by atoms with Crippen molar-refractivity contribution in [2.45, 2.75) is 12.9 Å². The summed E-state index contributed by atoms with van der Waals surface area (Å²) in [6.45, 7) is -0.284. The van der Waals surface area contributed by atoms with E-state index in [1.807, 2.05) is 0 Å². The third kappa shape index (κ3) is 3.76. The van der Waals surface area contributed by atoms with Gasteiger partial charge in [-0.15, -0.1) is 13.2 Å². The van der Waals surface area contributed by atoms with E-state index in [0.717, 1.165) is 17.0 Å². The van der Waals surface area contributed by atoms with Gasteiger partial charge >= 0.3 is 12.4 Å². The molecule has 6 nitrogen and oxygen atoms in total. The van der Waals surface area contributed by atoms with Gasteiger partial charge in [0.15, 0.2) is 0 Å². The molecule has 0 unspecified atom stereocenters. The molecule has 0 radical (unpaired) electrons. The van der Waals surface area contributed by atoms with Crippen molar-refractivity contribution in [2.75, 3.05) is 11.4 Å². The lowest BCUT2D eigenvalue weighted by Gasteiger charge is -2.18. The molecule has 3 aromatic rings. The van der Waals surface area contributed by atoms with Crippen LogP contribution in [0.1, 0.15) is 5.56 Å². The van der Waals surface area contributed by atoms with Crippen LogP contribution in [0.3, 0.4) is 0 Å². The average Bonchev–Trinajstić information content (AvgIpc) is 2.95. The van der Waals surface area contributed by atoms with E-state index >= 15 is 0 Å². The molecule has 3 amide bonds. The fourth-order valence-electron chi connectivity index (χ4n) is 3.29. The molecule has 154 valence electrons. The fourth-order valence-corrected chi connectivity index (χ4v) is 3.29. The Balaban J connectivity index is 1.57. The zero-order valence-electron chi connectivity index (χ0n) is 15.2. The van der Waals surface area contributed by atoms with Crippen LogP contribution < -0.4 is 9.64 Å². The fraction of sp³-hybridized carbons (Fsp3) is 0.150. The van der Waals surface area contributed by atoms with Crippen molar-refractivity contribution in [2.24, 2.45) is 0 Å². The maximum Gasteiger partial charge on any atom is 0.573 e. The van der Waals surface area contributed by atoms with Crippen molar-refractivity contribution in [1.29, 1.82) is 0 Å². The Bertz CT molecular complexity index is 1130. The molecule has 0 atom stereocenters. The first-order valence-corrected chi connectivity index (χ1v) is 8.73. The van der Waals surface area contributed by atoms with Crippen LogP contribution in [0.15, 0.2) is 54.7 Å². The van der Waals surface area contributed by atoms with E-state index in [0.29, 0.717) is 11.1 Å². The molecule has 1 aliphatic rings. The SMILES string of the molecule is O=C1CN(Cc2ccnc3cccc(F)c23)C(=O)N1c1ccc(OC(F)(F)F)cc1. The van der Waals surface area contributed by atoms with E-state index in [1.165, 1.54) is 35.4 Å². The van der Waals surface area contributed by atoms with Crippen molar-refractivity contribution in [3.8, 4) is 5.75 Å². The van der Waals surface area contributed by atoms with Crippen LogP contribution in [0.2, 0.25) is 0 Å². The van der Waals surface area contributed by atoms with E-state index in [1.54, 1.807) is 12.1 Å². The van der Waals surface area contributed by atoms with Gasteiger partial charge in [-0.2, -0.15) is 0 Å². The molecule has 4 rings (SSSR count). The Hall–Kier alpha value is -3.69. The van der Waals surface area contributed by atoms with Crippen LogP contribution in [0.4, 0.5) is 28.0 Å². The lowest BCUT2D eigenvalue weighted by Crippen LogP contribution is -2.32. The molecule has 10 heteroatoms. The van der Waals surface area contributed by atoms with Gasteiger partial charge in [0.1, 0.15) is 18.1 Å². The number of rotatable bonds is 4. The Morgan fingerprint density at radius 2 is 1.77 bits per heavy atom. The standard InChI is InChI=1S/C20H13F4N3O3/c21-15-2-1-3-16-18(15)12(8-9-25-16)10-26-11-17(28)27(19(26)29)13-4-6-14(7-5-13)30-20(22,23)24/h1-9H,10-11H2. The maximum absolute atomic E-state index is 14.3. The number of benzene rings is 2. The van der Waals surface area contributed by atoms with Gasteiger partial charge in [-0.3, -0.25) is 9.78 Å². The maximum atomic E-state index is 14.3. The molecule has 1 aliphatic heterocycles. The molecular formula is C20H13F4N3O3. The zero-order valence-corrected chi connectivity index (χ0v) is 15.2. The summed E-state index contributed by atoms with van der Waals surface area (Å²) in [7, 11) is 0. The van der Waals surface area contributed by atoms with Crippen molar-refractivity contribution < 1.29 is 31.9 Å². The number of pyridine rings is 1. The van der Waals surface area contributed by atoms with Crippen molar-refractivity contribution in [3.05, 3.63) is 66.1 Å². The lowest BCUT2D eigenvalue weighted by atomic mass is 10.1. The first-order chi connectivity index (χ1) is 14.2. The number of urea groups is 1. The molecule has 2 aromatic carbocycles. The predicted molar refractivity (Wildman–Crippen MR) is 98.1 cm³/mol. The first kappa shape index (κ1) is 19.6. The van der Waals surface area contributed by atoms with Gasteiger partial charge in [0.25, 0.3) is 5.91 Å². The van der Waals surface area contributed by atoms with Crippen molar-refractivity contribution in [1.82, 2.24) is 9.88 Å². The second kappa shape index (κ2) is 7.29. The average molecular weight is 419 g/mol. The molecule has 2 heterocycles. The van der Waals surface area contributed by atoms with Gasteiger partial charge in [-0.25, -0.2) is 14.1 Å². The highest BCUT2D eigenvalue weighted by molar-refractivity contribution is 6.19.